The highest BCUT2D eigenvalue weighted by Gasteiger charge is 2.13. The van der Waals surface area contributed by atoms with E-state index in [9.17, 15) is 5.11 Å². The summed E-state index contributed by atoms with van der Waals surface area (Å²) in [6.45, 7) is 6.60. The summed E-state index contributed by atoms with van der Waals surface area (Å²) in [4.78, 5) is 1.29. The van der Waals surface area contributed by atoms with Gasteiger partial charge in [0.25, 0.3) is 0 Å². The van der Waals surface area contributed by atoms with Crippen molar-refractivity contribution in [1.29, 1.82) is 0 Å². The van der Waals surface area contributed by atoms with Gasteiger partial charge in [-0.2, -0.15) is 0 Å². The molecule has 0 aliphatic carbocycles. The molecule has 0 aliphatic rings. The average molecular weight is 280 g/mol. The van der Waals surface area contributed by atoms with Crippen molar-refractivity contribution in [2.24, 2.45) is 5.92 Å². The Morgan fingerprint density at radius 2 is 1.95 bits per heavy atom. The Bertz CT molecular complexity index is 351. The molecule has 0 heterocycles. The van der Waals surface area contributed by atoms with Crippen LogP contribution in [-0.4, -0.2) is 17.0 Å². The molecule has 19 heavy (non-hydrogen) atoms. The Kier molecular flexibility index (Phi) is 8.24. The van der Waals surface area contributed by atoms with Gasteiger partial charge < -0.3 is 5.11 Å². The first kappa shape index (κ1) is 16.6. The van der Waals surface area contributed by atoms with Crippen molar-refractivity contribution in [3.05, 3.63) is 29.8 Å². The number of hydrogen-bond donors (Lipinski definition) is 1. The Hall–Kier alpha value is -0.470. The molecule has 0 spiro atoms. The predicted molar refractivity (Wildman–Crippen MR) is 85.8 cm³/mol. The highest BCUT2D eigenvalue weighted by molar-refractivity contribution is 7.99. The Morgan fingerprint density at radius 3 is 2.58 bits per heavy atom. The van der Waals surface area contributed by atoms with Crippen LogP contribution < -0.4 is 0 Å². The van der Waals surface area contributed by atoms with Crippen LogP contribution in [0.4, 0.5) is 0 Å². The predicted octanol–water partition coefficient (Wildman–Crippen LogP) is 5.05. The number of aliphatic hydroxyl groups excluding tert-OH is 1. The van der Waals surface area contributed by atoms with Crippen molar-refractivity contribution >= 4 is 11.8 Å². The molecule has 0 aromatic heterocycles. The summed E-state index contributed by atoms with van der Waals surface area (Å²) >= 11 is 1.78. The number of aryl methyl sites for hydroxylation is 1. The lowest BCUT2D eigenvalue weighted by molar-refractivity contribution is 0.159. The van der Waals surface area contributed by atoms with Crippen molar-refractivity contribution < 1.29 is 5.11 Å². The van der Waals surface area contributed by atoms with Gasteiger partial charge in [0.05, 0.1) is 6.10 Å². The molecule has 0 fully saturated rings. The summed E-state index contributed by atoms with van der Waals surface area (Å²) in [6, 6.07) is 8.40. The smallest absolute Gasteiger partial charge is 0.0636 e. The standard InChI is InChI=1S/C17H28OS/c1-4-6-10-15(5-2)12-16(18)13-19-17-11-8-7-9-14(17)3/h7-9,11,15-16,18H,4-6,10,12-13H2,1-3H3. The molecule has 2 atom stereocenters. The molecular formula is C17H28OS. The Balaban J connectivity index is 2.34. The molecule has 0 amide bonds. The molecule has 0 radical (unpaired) electrons. The van der Waals surface area contributed by atoms with E-state index in [1.54, 1.807) is 11.8 Å². The monoisotopic (exact) mass is 280 g/mol. The summed E-state index contributed by atoms with van der Waals surface area (Å²) in [5.74, 6) is 1.50. The minimum atomic E-state index is -0.175. The lowest BCUT2D eigenvalue weighted by Gasteiger charge is -2.18. The summed E-state index contributed by atoms with van der Waals surface area (Å²) in [5, 5.41) is 10.2. The highest BCUT2D eigenvalue weighted by Crippen LogP contribution is 2.25. The van der Waals surface area contributed by atoms with Gasteiger partial charge >= 0.3 is 0 Å². The van der Waals surface area contributed by atoms with Gasteiger partial charge in [0, 0.05) is 10.6 Å². The van der Waals surface area contributed by atoms with Gasteiger partial charge in [-0.15, -0.1) is 11.8 Å². The molecule has 1 nitrogen and oxygen atoms in total. The van der Waals surface area contributed by atoms with Crippen LogP contribution in [0.25, 0.3) is 0 Å². The second-order valence-corrected chi connectivity index (χ2v) is 6.44. The number of rotatable bonds is 9. The van der Waals surface area contributed by atoms with Crippen LogP contribution in [0.3, 0.4) is 0 Å². The quantitative estimate of drug-likeness (QED) is 0.638. The first-order valence-corrected chi connectivity index (χ1v) is 8.52. The second-order valence-electron chi connectivity index (χ2n) is 5.38. The summed E-state index contributed by atoms with van der Waals surface area (Å²) in [5.41, 5.74) is 1.30. The van der Waals surface area contributed by atoms with Crippen LogP contribution in [-0.2, 0) is 0 Å². The fourth-order valence-electron chi connectivity index (χ4n) is 2.34. The van der Waals surface area contributed by atoms with Crippen LogP contribution in [0.15, 0.2) is 29.2 Å². The zero-order valence-electron chi connectivity index (χ0n) is 12.6. The Morgan fingerprint density at radius 1 is 1.21 bits per heavy atom. The van der Waals surface area contributed by atoms with Gasteiger partial charge in [-0.05, 0) is 30.9 Å². The molecule has 0 saturated heterocycles. The van der Waals surface area contributed by atoms with Gasteiger partial charge in [-0.1, -0.05) is 57.7 Å². The van der Waals surface area contributed by atoms with Crippen molar-refractivity contribution in [3.8, 4) is 0 Å². The first-order chi connectivity index (χ1) is 9.17. The SMILES string of the molecule is CCCCC(CC)CC(O)CSc1ccccc1C. The average Bonchev–Trinajstić information content (AvgIpc) is 2.42. The van der Waals surface area contributed by atoms with Crippen LogP contribution in [0, 0.1) is 12.8 Å². The maximum atomic E-state index is 10.2. The molecule has 1 N–H and O–H groups in total. The normalized spacial score (nSPS) is 14.3. The van der Waals surface area contributed by atoms with Gasteiger partial charge in [-0.3, -0.25) is 0 Å². The van der Waals surface area contributed by atoms with Crippen molar-refractivity contribution in [3.63, 3.8) is 0 Å². The van der Waals surface area contributed by atoms with E-state index in [0.29, 0.717) is 5.92 Å². The highest BCUT2D eigenvalue weighted by atomic mass is 32.2. The Labute approximate surface area is 122 Å². The van der Waals surface area contributed by atoms with Gasteiger partial charge in [0.1, 0.15) is 0 Å². The third kappa shape index (κ3) is 6.49. The third-order valence-electron chi connectivity index (χ3n) is 3.67. The fraction of sp³-hybridized carbons (Fsp3) is 0.647. The van der Waals surface area contributed by atoms with E-state index >= 15 is 0 Å². The molecule has 108 valence electrons. The number of aliphatic hydroxyl groups is 1. The van der Waals surface area contributed by atoms with Crippen LogP contribution >= 0.6 is 11.8 Å². The first-order valence-electron chi connectivity index (χ1n) is 7.53. The van der Waals surface area contributed by atoms with E-state index in [-0.39, 0.29) is 6.10 Å². The number of benzene rings is 1. The maximum absolute atomic E-state index is 10.2. The lowest BCUT2D eigenvalue weighted by Crippen LogP contribution is -2.16. The van der Waals surface area contributed by atoms with Crippen molar-refractivity contribution in [1.82, 2.24) is 0 Å². The minimum absolute atomic E-state index is 0.175. The van der Waals surface area contributed by atoms with Gasteiger partial charge in [0.15, 0.2) is 0 Å². The topological polar surface area (TPSA) is 20.2 Å². The van der Waals surface area contributed by atoms with Gasteiger partial charge in [0.2, 0.25) is 0 Å². The van der Waals surface area contributed by atoms with E-state index in [0.717, 1.165) is 12.2 Å². The van der Waals surface area contributed by atoms with E-state index in [1.165, 1.54) is 36.1 Å². The molecule has 0 saturated carbocycles. The lowest BCUT2D eigenvalue weighted by atomic mass is 9.94. The second kappa shape index (κ2) is 9.44. The number of hydrogen-bond acceptors (Lipinski definition) is 2. The maximum Gasteiger partial charge on any atom is 0.0636 e. The van der Waals surface area contributed by atoms with Crippen LogP contribution in [0.2, 0.25) is 0 Å². The van der Waals surface area contributed by atoms with Crippen molar-refractivity contribution in [2.75, 3.05) is 5.75 Å². The van der Waals surface area contributed by atoms with E-state index in [4.69, 9.17) is 0 Å². The zero-order valence-corrected chi connectivity index (χ0v) is 13.4. The molecule has 0 bridgehead atoms. The molecule has 0 aliphatic heterocycles. The summed E-state index contributed by atoms with van der Waals surface area (Å²) in [7, 11) is 0. The largest absolute Gasteiger partial charge is 0.392 e. The molecular weight excluding hydrogens is 252 g/mol. The van der Waals surface area contributed by atoms with Crippen LogP contribution in [0.1, 0.15) is 51.5 Å². The van der Waals surface area contributed by atoms with E-state index in [2.05, 4.69) is 45.0 Å². The minimum Gasteiger partial charge on any atom is -0.392 e. The summed E-state index contributed by atoms with van der Waals surface area (Å²) < 4.78 is 0. The van der Waals surface area contributed by atoms with Crippen molar-refractivity contribution in [2.45, 2.75) is 63.9 Å². The zero-order chi connectivity index (χ0) is 14.1. The third-order valence-corrected chi connectivity index (χ3v) is 4.99. The van der Waals surface area contributed by atoms with E-state index < -0.39 is 0 Å². The van der Waals surface area contributed by atoms with Crippen LogP contribution in [0.5, 0.6) is 0 Å². The number of unbranched alkanes of at least 4 members (excludes halogenated alkanes) is 1. The van der Waals surface area contributed by atoms with Gasteiger partial charge in [-0.25, -0.2) is 0 Å². The molecule has 2 unspecified atom stereocenters. The summed E-state index contributed by atoms with van der Waals surface area (Å²) in [6.07, 6.45) is 5.77. The molecule has 2 heteroatoms. The molecule has 1 aromatic rings. The number of thioether (sulfide) groups is 1. The molecule has 1 rings (SSSR count). The fourth-order valence-corrected chi connectivity index (χ4v) is 3.32. The van der Waals surface area contributed by atoms with E-state index in [1.807, 2.05) is 0 Å². The molecule has 1 aromatic carbocycles.